The van der Waals surface area contributed by atoms with Gasteiger partial charge in [0, 0.05) is 0 Å². The van der Waals surface area contributed by atoms with Crippen molar-refractivity contribution >= 4 is 10.1 Å². The molecule has 0 aromatic carbocycles. The Kier molecular flexibility index (Phi) is 17.1. The molecule has 0 saturated carbocycles. The molecule has 6 heteroatoms. The van der Waals surface area contributed by atoms with Crippen molar-refractivity contribution in [3.05, 3.63) is 0 Å². The average molecular weight is 318 g/mol. The van der Waals surface area contributed by atoms with Crippen molar-refractivity contribution in [2.45, 2.75) is 83.7 Å². The van der Waals surface area contributed by atoms with E-state index < -0.39 is 22.0 Å². The molecule has 0 aromatic heterocycles. The van der Waals surface area contributed by atoms with Gasteiger partial charge in [0.2, 0.25) is 0 Å². The largest absolute Gasteiger partial charge is 1.00 e. The molecule has 1 unspecified atom stereocenters. The minimum atomic E-state index is -4.04. The summed E-state index contributed by atoms with van der Waals surface area (Å²) >= 11 is 0. The van der Waals surface area contributed by atoms with Gasteiger partial charge < -0.3 is 6.53 Å². The molecule has 0 fully saturated rings. The summed E-state index contributed by atoms with van der Waals surface area (Å²) in [4.78, 5) is 0. The third-order valence-electron chi connectivity index (χ3n) is 3.29. The van der Waals surface area contributed by atoms with E-state index in [9.17, 15) is 13.5 Å². The zero-order valence-corrected chi connectivity index (χ0v) is 16.0. The van der Waals surface area contributed by atoms with Gasteiger partial charge in [-0.05, 0) is 6.42 Å². The minimum absolute atomic E-state index is 0. The zero-order valence-electron chi connectivity index (χ0n) is 14.2. The molecule has 0 aliphatic heterocycles. The molecule has 0 heterocycles. The Bertz CT molecular complexity index is 299. The first kappa shape index (κ1) is 23.1. The maximum Gasteiger partial charge on any atom is 1.00 e. The van der Waals surface area contributed by atoms with E-state index >= 15 is 0 Å². The first-order valence-corrected chi connectivity index (χ1v) is 9.20. The second-order valence-electron chi connectivity index (χ2n) is 5.37. The van der Waals surface area contributed by atoms with Crippen LogP contribution in [0.2, 0.25) is 0 Å². The van der Waals surface area contributed by atoms with Crippen LogP contribution in [0.25, 0.3) is 0 Å². The molecule has 0 spiro atoms. The molecule has 0 amide bonds. The van der Waals surface area contributed by atoms with Gasteiger partial charge in [0.25, 0.3) is 10.1 Å². The zero-order chi connectivity index (χ0) is 14.6. The van der Waals surface area contributed by atoms with E-state index in [0.717, 1.165) is 19.3 Å². The van der Waals surface area contributed by atoms with Crippen molar-refractivity contribution in [1.29, 1.82) is 0 Å². The molecule has 0 bridgehead atoms. The molecule has 0 aliphatic carbocycles. The number of aliphatic hydroxyl groups excluding tert-OH is 1. The Labute approximate surface area is 148 Å². The molecule has 118 valence electrons. The summed E-state index contributed by atoms with van der Waals surface area (Å²) in [5.74, 6) is -0.537. The summed E-state index contributed by atoms with van der Waals surface area (Å²) in [5.41, 5.74) is 0. The maximum atomic E-state index is 10.5. The van der Waals surface area contributed by atoms with Gasteiger partial charge in [0.1, 0.15) is 5.75 Å². The molecule has 0 rings (SSSR count). The van der Waals surface area contributed by atoms with E-state index in [1.165, 1.54) is 44.9 Å². The fourth-order valence-electron chi connectivity index (χ4n) is 2.19. The first-order valence-electron chi connectivity index (χ1n) is 7.59. The number of unbranched alkanes of at least 4 members (excludes halogenated alkanes) is 9. The minimum Gasteiger partial charge on any atom is -1.00 e. The van der Waals surface area contributed by atoms with Crippen LogP contribution in [-0.4, -0.2) is 29.9 Å². The molecular formula is C14H31NaO4S. The Morgan fingerprint density at radius 2 is 1.30 bits per heavy atom. The van der Waals surface area contributed by atoms with E-state index in [1.54, 1.807) is 0 Å². The van der Waals surface area contributed by atoms with Crippen LogP contribution >= 0.6 is 0 Å². The smallest absolute Gasteiger partial charge is 1.00 e. The summed E-state index contributed by atoms with van der Waals surface area (Å²) in [5, 5.41) is 9.37. The van der Waals surface area contributed by atoms with E-state index in [2.05, 4.69) is 6.92 Å². The fourth-order valence-corrected chi connectivity index (χ4v) is 2.85. The molecule has 0 aliphatic rings. The van der Waals surface area contributed by atoms with E-state index in [-0.39, 0.29) is 31.0 Å². The van der Waals surface area contributed by atoms with Crippen LogP contribution in [0.4, 0.5) is 0 Å². The van der Waals surface area contributed by atoms with Crippen molar-refractivity contribution in [1.82, 2.24) is 0 Å². The quantitative estimate of drug-likeness (QED) is 0.297. The normalized spacial score (nSPS) is 12.9. The molecule has 0 radical (unpaired) electrons. The van der Waals surface area contributed by atoms with Crippen molar-refractivity contribution in [3.63, 3.8) is 0 Å². The van der Waals surface area contributed by atoms with Crippen LogP contribution in [0, 0.1) is 0 Å². The van der Waals surface area contributed by atoms with E-state index in [4.69, 9.17) is 4.55 Å². The van der Waals surface area contributed by atoms with Gasteiger partial charge in [0.15, 0.2) is 0 Å². The van der Waals surface area contributed by atoms with Gasteiger partial charge in [-0.3, -0.25) is 4.55 Å². The third-order valence-corrected chi connectivity index (χ3v) is 4.10. The number of aliphatic hydroxyl groups is 1. The standard InChI is InChI=1S/C14H30O4S.Na.H/c1-2-3-4-5-6-7-8-9-10-11-12-14(15)13-19(16,17)18;;/h14-15H,2-13H2,1H3,(H,16,17,18);;/q;+1;-1. The van der Waals surface area contributed by atoms with Gasteiger partial charge >= 0.3 is 29.6 Å². The summed E-state index contributed by atoms with van der Waals surface area (Å²) in [6.45, 7) is 2.22. The van der Waals surface area contributed by atoms with Crippen LogP contribution in [0.15, 0.2) is 0 Å². The first-order chi connectivity index (χ1) is 8.95. The van der Waals surface area contributed by atoms with Crippen LogP contribution in [0.3, 0.4) is 0 Å². The molecular weight excluding hydrogens is 287 g/mol. The van der Waals surface area contributed by atoms with Crippen LogP contribution < -0.4 is 29.6 Å². The Hall–Kier alpha value is 0.870. The van der Waals surface area contributed by atoms with E-state index in [1.807, 2.05) is 0 Å². The summed E-state index contributed by atoms with van der Waals surface area (Å²) < 4.78 is 29.6. The average Bonchev–Trinajstić information content (AvgIpc) is 2.29. The molecule has 2 N–H and O–H groups in total. The second-order valence-corrected chi connectivity index (χ2v) is 6.87. The molecule has 0 saturated heterocycles. The van der Waals surface area contributed by atoms with Crippen molar-refractivity contribution in [2.24, 2.45) is 0 Å². The summed E-state index contributed by atoms with van der Waals surface area (Å²) in [6, 6.07) is 0. The second kappa shape index (κ2) is 14.8. The van der Waals surface area contributed by atoms with Crippen molar-refractivity contribution < 1.29 is 49.1 Å². The topological polar surface area (TPSA) is 74.6 Å². The predicted molar refractivity (Wildman–Crippen MR) is 80.0 cm³/mol. The SMILES string of the molecule is CCCCCCCCCCCCC(O)CS(=O)(=O)O.[H-].[Na+]. The Morgan fingerprint density at radius 1 is 0.900 bits per heavy atom. The molecule has 20 heavy (non-hydrogen) atoms. The monoisotopic (exact) mass is 318 g/mol. The Morgan fingerprint density at radius 3 is 1.70 bits per heavy atom. The van der Waals surface area contributed by atoms with Crippen LogP contribution in [-0.2, 0) is 10.1 Å². The summed E-state index contributed by atoms with van der Waals surface area (Å²) in [6.07, 6.45) is 11.6. The molecule has 1 atom stereocenters. The van der Waals surface area contributed by atoms with Gasteiger partial charge in [-0.2, -0.15) is 8.42 Å². The summed E-state index contributed by atoms with van der Waals surface area (Å²) in [7, 11) is -4.04. The number of hydrogen-bond donors (Lipinski definition) is 2. The van der Waals surface area contributed by atoms with Gasteiger partial charge in [-0.25, -0.2) is 0 Å². The van der Waals surface area contributed by atoms with Crippen molar-refractivity contribution in [3.8, 4) is 0 Å². The van der Waals surface area contributed by atoms with Crippen LogP contribution in [0.1, 0.15) is 79.0 Å². The van der Waals surface area contributed by atoms with Crippen molar-refractivity contribution in [2.75, 3.05) is 5.75 Å². The fraction of sp³-hybridized carbons (Fsp3) is 1.00. The molecule has 4 nitrogen and oxygen atoms in total. The number of rotatable bonds is 13. The number of hydrogen-bond acceptors (Lipinski definition) is 3. The molecule has 0 aromatic rings. The predicted octanol–water partition coefficient (Wildman–Crippen LogP) is 0.663. The van der Waals surface area contributed by atoms with Gasteiger partial charge in [-0.1, -0.05) is 71.1 Å². The van der Waals surface area contributed by atoms with Gasteiger partial charge in [0.05, 0.1) is 6.10 Å². The Balaban J connectivity index is -0.00000162. The van der Waals surface area contributed by atoms with Crippen LogP contribution in [0.5, 0.6) is 0 Å². The maximum absolute atomic E-state index is 10.5. The van der Waals surface area contributed by atoms with Gasteiger partial charge in [-0.15, -0.1) is 0 Å². The third kappa shape index (κ3) is 18.9. The van der Waals surface area contributed by atoms with E-state index in [0.29, 0.717) is 6.42 Å².